The van der Waals surface area contributed by atoms with E-state index < -0.39 is 5.41 Å². The van der Waals surface area contributed by atoms with E-state index in [2.05, 4.69) is 0 Å². The molecule has 1 rings (SSSR count). The molecule has 3 nitrogen and oxygen atoms in total. The van der Waals surface area contributed by atoms with Crippen molar-refractivity contribution in [3.8, 4) is 5.75 Å². The molecule has 0 saturated carbocycles. The van der Waals surface area contributed by atoms with Crippen LogP contribution < -0.4 is 4.74 Å². The lowest BCUT2D eigenvalue weighted by Gasteiger charge is -2.16. The summed E-state index contributed by atoms with van der Waals surface area (Å²) in [5.41, 5.74) is 0.292. The number of rotatable bonds is 2. The number of aliphatic hydroxyl groups excluding tert-OH is 1. The molecule has 0 unspecified atom stereocenters. The van der Waals surface area contributed by atoms with Crippen molar-refractivity contribution < 1.29 is 14.6 Å². The number of hydrogen-bond donors (Lipinski definition) is 1. The maximum atomic E-state index is 11.5. The molecule has 0 aliphatic carbocycles. The van der Waals surface area contributed by atoms with Gasteiger partial charge in [-0.15, -0.1) is 0 Å². The summed E-state index contributed by atoms with van der Waals surface area (Å²) in [6.07, 6.45) is 0. The Hall–Kier alpha value is -1.35. The molecular weight excluding hydrogens is 192 g/mol. The van der Waals surface area contributed by atoms with Gasteiger partial charge >= 0.3 is 5.97 Å². The Morgan fingerprint density at radius 2 is 1.80 bits per heavy atom. The molecule has 0 amide bonds. The maximum absolute atomic E-state index is 11.5. The maximum Gasteiger partial charge on any atom is 0.316 e. The van der Waals surface area contributed by atoms with Crippen molar-refractivity contribution in [1.82, 2.24) is 0 Å². The van der Waals surface area contributed by atoms with E-state index >= 15 is 0 Å². The van der Waals surface area contributed by atoms with E-state index in [0.717, 1.165) is 5.56 Å². The first-order valence-electron chi connectivity index (χ1n) is 4.85. The molecule has 1 N–H and O–H groups in total. The van der Waals surface area contributed by atoms with Gasteiger partial charge in [0.05, 0.1) is 12.0 Å². The Labute approximate surface area is 89.7 Å². The first-order chi connectivity index (χ1) is 6.93. The molecule has 0 saturated heterocycles. The number of benzene rings is 1. The minimum atomic E-state index is -0.504. The summed E-state index contributed by atoms with van der Waals surface area (Å²) >= 11 is 0. The van der Waals surface area contributed by atoms with Crippen LogP contribution >= 0.6 is 0 Å². The van der Waals surface area contributed by atoms with E-state index in [9.17, 15) is 4.79 Å². The first kappa shape index (κ1) is 11.7. The molecule has 15 heavy (non-hydrogen) atoms. The second-order valence-electron chi connectivity index (χ2n) is 4.44. The molecule has 0 aliphatic heterocycles. The van der Waals surface area contributed by atoms with Crippen LogP contribution in [0.25, 0.3) is 0 Å². The fraction of sp³-hybridized carbons (Fsp3) is 0.417. The van der Waals surface area contributed by atoms with Gasteiger partial charge in [0.25, 0.3) is 0 Å². The zero-order chi connectivity index (χ0) is 11.5. The molecule has 3 heteroatoms. The summed E-state index contributed by atoms with van der Waals surface area (Å²) in [5.74, 6) is 0.242. The number of esters is 1. The molecule has 0 bridgehead atoms. The van der Waals surface area contributed by atoms with E-state index in [4.69, 9.17) is 9.84 Å². The van der Waals surface area contributed by atoms with Gasteiger partial charge in [-0.2, -0.15) is 0 Å². The Bertz CT molecular complexity index is 333. The lowest BCUT2D eigenvalue weighted by Crippen LogP contribution is -2.25. The third-order valence-corrected chi connectivity index (χ3v) is 1.93. The quantitative estimate of drug-likeness (QED) is 0.598. The Morgan fingerprint density at radius 1 is 1.27 bits per heavy atom. The van der Waals surface area contributed by atoms with Gasteiger partial charge in [0.1, 0.15) is 5.75 Å². The first-order valence-corrected chi connectivity index (χ1v) is 4.85. The zero-order valence-corrected chi connectivity index (χ0v) is 9.28. The third-order valence-electron chi connectivity index (χ3n) is 1.93. The lowest BCUT2D eigenvalue weighted by molar-refractivity contribution is -0.142. The Balaban J connectivity index is 2.70. The van der Waals surface area contributed by atoms with Crippen molar-refractivity contribution >= 4 is 5.97 Å². The van der Waals surface area contributed by atoms with Crippen LogP contribution in [-0.4, -0.2) is 11.1 Å². The topological polar surface area (TPSA) is 46.5 Å². The van der Waals surface area contributed by atoms with Crippen LogP contribution in [0.15, 0.2) is 24.3 Å². The highest BCUT2D eigenvalue weighted by atomic mass is 16.5. The van der Waals surface area contributed by atoms with Gasteiger partial charge in [0.2, 0.25) is 0 Å². The van der Waals surface area contributed by atoms with Gasteiger partial charge in [0.15, 0.2) is 0 Å². The van der Waals surface area contributed by atoms with Crippen LogP contribution in [0.5, 0.6) is 5.75 Å². The molecule has 0 aliphatic rings. The lowest BCUT2D eigenvalue weighted by atomic mass is 9.97. The van der Waals surface area contributed by atoms with Gasteiger partial charge in [-0.3, -0.25) is 4.79 Å². The SMILES string of the molecule is CC(C)(C)C(=O)Oc1ccc(CO)cc1. The summed E-state index contributed by atoms with van der Waals surface area (Å²) in [7, 11) is 0. The summed E-state index contributed by atoms with van der Waals surface area (Å²) in [5, 5.41) is 8.83. The van der Waals surface area contributed by atoms with Gasteiger partial charge < -0.3 is 9.84 Å². The van der Waals surface area contributed by atoms with E-state index in [1.54, 1.807) is 45.0 Å². The standard InChI is InChI=1S/C12H16O3/c1-12(2,3)11(14)15-10-6-4-9(8-13)5-7-10/h4-7,13H,8H2,1-3H3. The highest BCUT2D eigenvalue weighted by molar-refractivity contribution is 5.77. The molecule has 0 spiro atoms. The number of carbonyl (C=O) groups excluding carboxylic acids is 1. The van der Waals surface area contributed by atoms with Crippen LogP contribution in [0, 0.1) is 5.41 Å². The zero-order valence-electron chi connectivity index (χ0n) is 9.28. The van der Waals surface area contributed by atoms with Crippen LogP contribution in [0.1, 0.15) is 26.3 Å². The molecule has 82 valence electrons. The highest BCUT2D eigenvalue weighted by Crippen LogP contribution is 2.19. The molecule has 0 atom stereocenters. The van der Waals surface area contributed by atoms with Crippen LogP contribution in [0.2, 0.25) is 0 Å². The van der Waals surface area contributed by atoms with Crippen molar-refractivity contribution in [3.63, 3.8) is 0 Å². The second-order valence-corrected chi connectivity index (χ2v) is 4.44. The predicted octanol–water partition coefficient (Wildman–Crippen LogP) is 2.13. The van der Waals surface area contributed by atoms with Gasteiger partial charge in [0, 0.05) is 0 Å². The van der Waals surface area contributed by atoms with Gasteiger partial charge in [-0.05, 0) is 38.5 Å². The highest BCUT2D eigenvalue weighted by Gasteiger charge is 2.23. The average molecular weight is 208 g/mol. The Kier molecular flexibility index (Phi) is 3.48. The summed E-state index contributed by atoms with van der Waals surface area (Å²) in [6, 6.07) is 6.81. The average Bonchev–Trinajstić information content (AvgIpc) is 2.17. The van der Waals surface area contributed by atoms with Crippen molar-refractivity contribution in [2.75, 3.05) is 0 Å². The normalized spacial score (nSPS) is 11.2. The van der Waals surface area contributed by atoms with Crippen molar-refractivity contribution in [1.29, 1.82) is 0 Å². The molecule has 0 heterocycles. The molecule has 0 radical (unpaired) electrons. The van der Waals surface area contributed by atoms with Crippen molar-refractivity contribution in [3.05, 3.63) is 29.8 Å². The van der Waals surface area contributed by atoms with Crippen LogP contribution in [0.4, 0.5) is 0 Å². The number of ether oxygens (including phenoxy) is 1. The summed E-state index contributed by atoms with van der Waals surface area (Å²) in [4.78, 5) is 11.5. The van der Waals surface area contributed by atoms with E-state index in [0.29, 0.717) is 5.75 Å². The van der Waals surface area contributed by atoms with E-state index in [1.807, 2.05) is 0 Å². The van der Waals surface area contributed by atoms with Crippen LogP contribution in [-0.2, 0) is 11.4 Å². The van der Waals surface area contributed by atoms with Crippen LogP contribution in [0.3, 0.4) is 0 Å². The second kappa shape index (κ2) is 4.45. The number of aliphatic hydroxyl groups is 1. The van der Waals surface area contributed by atoms with Crippen molar-refractivity contribution in [2.24, 2.45) is 5.41 Å². The minimum Gasteiger partial charge on any atom is -0.426 e. The molecule has 1 aromatic carbocycles. The summed E-state index contributed by atoms with van der Waals surface area (Å²) in [6.45, 7) is 5.40. The Morgan fingerprint density at radius 3 is 2.20 bits per heavy atom. The monoisotopic (exact) mass is 208 g/mol. The van der Waals surface area contributed by atoms with E-state index in [-0.39, 0.29) is 12.6 Å². The smallest absolute Gasteiger partial charge is 0.316 e. The minimum absolute atomic E-state index is 0.00645. The molecular formula is C12H16O3. The molecule has 0 fully saturated rings. The fourth-order valence-electron chi connectivity index (χ4n) is 0.923. The van der Waals surface area contributed by atoms with Crippen molar-refractivity contribution in [2.45, 2.75) is 27.4 Å². The van der Waals surface area contributed by atoms with Gasteiger partial charge in [-0.25, -0.2) is 0 Å². The number of hydrogen-bond acceptors (Lipinski definition) is 3. The predicted molar refractivity (Wildman–Crippen MR) is 57.5 cm³/mol. The number of carbonyl (C=O) groups is 1. The van der Waals surface area contributed by atoms with Gasteiger partial charge in [-0.1, -0.05) is 12.1 Å². The molecule has 0 aromatic heterocycles. The third kappa shape index (κ3) is 3.36. The van der Waals surface area contributed by atoms with E-state index in [1.165, 1.54) is 0 Å². The fourth-order valence-corrected chi connectivity index (χ4v) is 0.923. The molecule has 1 aromatic rings. The summed E-state index contributed by atoms with van der Waals surface area (Å²) < 4.78 is 5.16. The largest absolute Gasteiger partial charge is 0.426 e.